The first-order valence-electron chi connectivity index (χ1n) is 6.53. The zero-order valence-electron chi connectivity index (χ0n) is 11.4. The molecule has 2 aromatic rings. The lowest BCUT2D eigenvalue weighted by Gasteiger charge is -2.22. The first kappa shape index (κ1) is 13.8. The van der Waals surface area contributed by atoms with Gasteiger partial charge in [-0.25, -0.2) is 0 Å². The van der Waals surface area contributed by atoms with Gasteiger partial charge in [0.2, 0.25) is 0 Å². The van der Waals surface area contributed by atoms with E-state index in [1.807, 2.05) is 49.4 Å². The van der Waals surface area contributed by atoms with E-state index >= 15 is 0 Å². The van der Waals surface area contributed by atoms with Gasteiger partial charge in [0.05, 0.1) is 12.5 Å². The van der Waals surface area contributed by atoms with Gasteiger partial charge in [-0.1, -0.05) is 35.9 Å². The molecule has 0 fully saturated rings. The summed E-state index contributed by atoms with van der Waals surface area (Å²) in [6.07, 6.45) is 0.312. The summed E-state index contributed by atoms with van der Waals surface area (Å²) in [6.45, 7) is 2.40. The van der Waals surface area contributed by atoms with E-state index in [0.29, 0.717) is 18.5 Å². The SMILES string of the molecule is Cc1ccc(N(CCC#N)C(=O)c2ccccc2)cc1. The average molecular weight is 264 g/mol. The maximum absolute atomic E-state index is 12.6. The van der Waals surface area contributed by atoms with Gasteiger partial charge < -0.3 is 4.90 Å². The van der Waals surface area contributed by atoms with Gasteiger partial charge in [-0.15, -0.1) is 0 Å². The number of amides is 1. The summed E-state index contributed by atoms with van der Waals surface area (Å²) in [5.74, 6) is -0.0790. The summed E-state index contributed by atoms with van der Waals surface area (Å²) in [5.41, 5.74) is 2.59. The zero-order valence-corrected chi connectivity index (χ0v) is 11.4. The molecule has 0 unspecified atom stereocenters. The van der Waals surface area contributed by atoms with Crippen LogP contribution in [-0.4, -0.2) is 12.5 Å². The van der Waals surface area contributed by atoms with Crippen LogP contribution < -0.4 is 4.90 Å². The van der Waals surface area contributed by atoms with Crippen molar-refractivity contribution in [2.45, 2.75) is 13.3 Å². The predicted molar refractivity (Wildman–Crippen MR) is 79.5 cm³/mol. The first-order valence-corrected chi connectivity index (χ1v) is 6.53. The molecule has 0 saturated carbocycles. The molecule has 0 N–H and O–H groups in total. The van der Waals surface area contributed by atoms with Gasteiger partial charge in [0.1, 0.15) is 0 Å². The van der Waals surface area contributed by atoms with Crippen LogP contribution in [0, 0.1) is 18.3 Å². The van der Waals surface area contributed by atoms with Crippen LogP contribution in [-0.2, 0) is 0 Å². The fourth-order valence-corrected chi connectivity index (χ4v) is 1.97. The van der Waals surface area contributed by atoms with Crippen molar-refractivity contribution >= 4 is 11.6 Å². The van der Waals surface area contributed by atoms with Crippen LogP contribution in [0.3, 0.4) is 0 Å². The van der Waals surface area contributed by atoms with Crippen LogP contribution in [0.1, 0.15) is 22.3 Å². The molecule has 0 bridgehead atoms. The molecule has 3 nitrogen and oxygen atoms in total. The molecule has 20 heavy (non-hydrogen) atoms. The van der Waals surface area contributed by atoms with Crippen molar-refractivity contribution in [3.63, 3.8) is 0 Å². The van der Waals surface area contributed by atoms with Crippen molar-refractivity contribution < 1.29 is 4.79 Å². The highest BCUT2D eigenvalue weighted by Gasteiger charge is 2.16. The Labute approximate surface area is 119 Å². The number of nitriles is 1. The number of benzene rings is 2. The Kier molecular flexibility index (Phi) is 4.52. The van der Waals surface area contributed by atoms with E-state index in [4.69, 9.17) is 5.26 Å². The lowest BCUT2D eigenvalue weighted by molar-refractivity contribution is 0.0987. The maximum atomic E-state index is 12.6. The van der Waals surface area contributed by atoms with Crippen molar-refractivity contribution in [1.29, 1.82) is 5.26 Å². The van der Waals surface area contributed by atoms with Crippen molar-refractivity contribution in [2.24, 2.45) is 0 Å². The molecule has 0 aliphatic carbocycles. The fourth-order valence-electron chi connectivity index (χ4n) is 1.97. The molecule has 100 valence electrons. The summed E-state index contributed by atoms with van der Waals surface area (Å²) < 4.78 is 0. The largest absolute Gasteiger partial charge is 0.307 e. The summed E-state index contributed by atoms with van der Waals surface area (Å²) in [6, 6.07) is 19.0. The summed E-state index contributed by atoms with van der Waals surface area (Å²) in [4.78, 5) is 14.2. The van der Waals surface area contributed by atoms with E-state index in [9.17, 15) is 4.79 Å². The van der Waals surface area contributed by atoms with E-state index in [1.165, 1.54) is 0 Å². The van der Waals surface area contributed by atoms with Crippen molar-refractivity contribution in [2.75, 3.05) is 11.4 Å². The molecule has 0 saturated heterocycles. The average Bonchev–Trinajstić information content (AvgIpc) is 2.50. The van der Waals surface area contributed by atoms with Crippen LogP contribution in [0.25, 0.3) is 0 Å². The Hall–Kier alpha value is -2.60. The Morgan fingerprint density at radius 3 is 2.35 bits per heavy atom. The van der Waals surface area contributed by atoms with Crippen LogP contribution >= 0.6 is 0 Å². The summed E-state index contributed by atoms with van der Waals surface area (Å²) in [7, 11) is 0. The maximum Gasteiger partial charge on any atom is 0.258 e. The van der Waals surface area contributed by atoms with Gasteiger partial charge in [-0.3, -0.25) is 4.79 Å². The van der Waals surface area contributed by atoms with Gasteiger partial charge >= 0.3 is 0 Å². The predicted octanol–water partition coefficient (Wildman–Crippen LogP) is 3.56. The quantitative estimate of drug-likeness (QED) is 0.847. The highest BCUT2D eigenvalue weighted by molar-refractivity contribution is 6.06. The number of carbonyl (C=O) groups excluding carboxylic acids is 1. The van der Waals surface area contributed by atoms with Crippen molar-refractivity contribution in [1.82, 2.24) is 0 Å². The molecule has 0 aromatic heterocycles. The topological polar surface area (TPSA) is 44.1 Å². The molecule has 1 amide bonds. The van der Waals surface area contributed by atoms with Crippen LogP contribution in [0.4, 0.5) is 5.69 Å². The molecular formula is C17H16N2O. The minimum absolute atomic E-state index is 0.0790. The fraction of sp³-hybridized carbons (Fsp3) is 0.176. The number of nitrogens with zero attached hydrogens (tertiary/aromatic N) is 2. The number of rotatable bonds is 4. The minimum Gasteiger partial charge on any atom is -0.307 e. The third-order valence-electron chi connectivity index (χ3n) is 3.06. The van der Waals surface area contributed by atoms with Gasteiger partial charge in [0.15, 0.2) is 0 Å². The molecule has 0 radical (unpaired) electrons. The van der Waals surface area contributed by atoms with Crippen molar-refractivity contribution in [3.05, 3.63) is 65.7 Å². The van der Waals surface area contributed by atoms with Gasteiger partial charge in [0.25, 0.3) is 5.91 Å². The Bertz CT molecular complexity index is 612. The Morgan fingerprint density at radius 1 is 1.10 bits per heavy atom. The molecule has 0 aliphatic rings. The summed E-state index contributed by atoms with van der Waals surface area (Å²) >= 11 is 0. The van der Waals surface area contributed by atoms with Crippen LogP contribution in [0.2, 0.25) is 0 Å². The van der Waals surface area contributed by atoms with Crippen LogP contribution in [0.15, 0.2) is 54.6 Å². The van der Waals surface area contributed by atoms with E-state index in [2.05, 4.69) is 6.07 Å². The highest BCUT2D eigenvalue weighted by Crippen LogP contribution is 2.18. The number of aryl methyl sites for hydroxylation is 1. The molecule has 0 spiro atoms. The van der Waals surface area contributed by atoms with E-state index in [1.54, 1.807) is 17.0 Å². The van der Waals surface area contributed by atoms with Gasteiger partial charge in [-0.2, -0.15) is 5.26 Å². The molecule has 0 heterocycles. The molecular weight excluding hydrogens is 248 g/mol. The normalized spacial score (nSPS) is 9.80. The zero-order chi connectivity index (χ0) is 14.4. The lowest BCUT2D eigenvalue weighted by atomic mass is 10.1. The van der Waals surface area contributed by atoms with E-state index < -0.39 is 0 Å². The summed E-state index contributed by atoms with van der Waals surface area (Å²) in [5, 5.41) is 8.77. The minimum atomic E-state index is -0.0790. The lowest BCUT2D eigenvalue weighted by Crippen LogP contribution is -2.31. The Balaban J connectivity index is 2.30. The second-order valence-electron chi connectivity index (χ2n) is 4.57. The van der Waals surface area contributed by atoms with Gasteiger partial charge in [0, 0.05) is 17.8 Å². The number of hydrogen-bond acceptors (Lipinski definition) is 2. The molecule has 2 rings (SSSR count). The first-order chi connectivity index (χ1) is 9.72. The standard InChI is InChI=1S/C17H16N2O/c1-14-8-10-16(11-9-14)19(13-5-12-18)17(20)15-6-3-2-4-7-15/h2-4,6-11H,5,13H2,1H3. The smallest absolute Gasteiger partial charge is 0.258 e. The molecule has 0 atom stereocenters. The van der Waals surface area contributed by atoms with E-state index in [-0.39, 0.29) is 5.91 Å². The van der Waals surface area contributed by atoms with E-state index in [0.717, 1.165) is 11.3 Å². The number of anilines is 1. The molecule has 0 aliphatic heterocycles. The monoisotopic (exact) mass is 264 g/mol. The third-order valence-corrected chi connectivity index (χ3v) is 3.06. The highest BCUT2D eigenvalue weighted by atomic mass is 16.2. The molecule has 3 heteroatoms. The number of hydrogen-bond donors (Lipinski definition) is 0. The number of carbonyl (C=O) groups is 1. The third kappa shape index (κ3) is 3.24. The molecule has 2 aromatic carbocycles. The second kappa shape index (κ2) is 6.53. The Morgan fingerprint density at radius 2 is 1.75 bits per heavy atom. The van der Waals surface area contributed by atoms with Crippen molar-refractivity contribution in [3.8, 4) is 6.07 Å². The second-order valence-corrected chi connectivity index (χ2v) is 4.57. The van der Waals surface area contributed by atoms with Crippen LogP contribution in [0.5, 0.6) is 0 Å². The van der Waals surface area contributed by atoms with Gasteiger partial charge in [-0.05, 0) is 31.2 Å².